The Balaban J connectivity index is 1.30. The van der Waals surface area contributed by atoms with E-state index in [1.54, 1.807) is 0 Å². The van der Waals surface area contributed by atoms with E-state index in [1.165, 1.54) is 38.5 Å². The van der Waals surface area contributed by atoms with Crippen LogP contribution in [-0.4, -0.2) is 54.0 Å². The van der Waals surface area contributed by atoms with Crippen molar-refractivity contribution in [3.63, 3.8) is 0 Å². The van der Waals surface area contributed by atoms with Gasteiger partial charge >= 0.3 is 0 Å². The molecular weight excluding hydrogens is 312 g/mol. The van der Waals surface area contributed by atoms with E-state index in [9.17, 15) is 4.79 Å². The van der Waals surface area contributed by atoms with Gasteiger partial charge in [-0.05, 0) is 43.9 Å². The maximum absolute atomic E-state index is 12.5. The van der Waals surface area contributed by atoms with Crippen molar-refractivity contribution in [2.24, 2.45) is 0 Å². The summed E-state index contributed by atoms with van der Waals surface area (Å²) in [6.07, 6.45) is 10.8. The Labute approximate surface area is 151 Å². The Morgan fingerprint density at radius 2 is 1.68 bits per heavy atom. The molecule has 4 heteroatoms. The molecular formula is C21H30N2O2. The second kappa shape index (κ2) is 7.77. The highest BCUT2D eigenvalue weighted by Gasteiger charge is 2.33. The quantitative estimate of drug-likeness (QED) is 0.782. The third-order valence-electron chi connectivity index (χ3n) is 5.99. The maximum Gasteiger partial charge on any atom is 0.253 e. The van der Waals surface area contributed by atoms with Gasteiger partial charge in [0.25, 0.3) is 5.91 Å². The van der Waals surface area contributed by atoms with Crippen LogP contribution in [0, 0.1) is 0 Å². The van der Waals surface area contributed by atoms with Gasteiger partial charge in [0.1, 0.15) is 11.9 Å². The first-order valence-corrected chi connectivity index (χ1v) is 10.1. The summed E-state index contributed by atoms with van der Waals surface area (Å²) < 4.78 is 6.14. The topological polar surface area (TPSA) is 32.8 Å². The summed E-state index contributed by atoms with van der Waals surface area (Å²) in [5.41, 5.74) is 0.763. The van der Waals surface area contributed by atoms with Gasteiger partial charge in [0.2, 0.25) is 0 Å². The summed E-state index contributed by atoms with van der Waals surface area (Å²) in [5, 5.41) is 0. The van der Waals surface area contributed by atoms with Gasteiger partial charge in [0, 0.05) is 37.8 Å². The van der Waals surface area contributed by atoms with Crippen molar-refractivity contribution < 1.29 is 9.53 Å². The molecule has 0 aromatic heterocycles. The molecule has 1 aromatic rings. The number of likely N-dealkylation sites (tertiary alicyclic amines) is 2. The van der Waals surface area contributed by atoms with Gasteiger partial charge in [-0.15, -0.1) is 0 Å². The SMILES string of the molecule is O=C(c1cccc(OC2CN(C3CCCCCC3)C2)c1)N1CCCC1. The minimum atomic E-state index is 0.150. The van der Waals surface area contributed by atoms with Crippen molar-refractivity contribution >= 4 is 5.91 Å². The van der Waals surface area contributed by atoms with E-state index >= 15 is 0 Å². The lowest BCUT2D eigenvalue weighted by Crippen LogP contribution is -2.57. The summed E-state index contributed by atoms with van der Waals surface area (Å²) in [6, 6.07) is 8.53. The van der Waals surface area contributed by atoms with E-state index in [-0.39, 0.29) is 12.0 Å². The summed E-state index contributed by atoms with van der Waals surface area (Å²) in [7, 11) is 0. The molecule has 3 aliphatic rings. The number of benzene rings is 1. The zero-order valence-corrected chi connectivity index (χ0v) is 15.2. The van der Waals surface area contributed by atoms with Crippen molar-refractivity contribution in [2.45, 2.75) is 63.5 Å². The van der Waals surface area contributed by atoms with Crippen LogP contribution in [0.1, 0.15) is 61.7 Å². The molecule has 1 saturated carbocycles. The zero-order chi connectivity index (χ0) is 17.1. The molecule has 0 unspecified atom stereocenters. The molecule has 0 spiro atoms. The van der Waals surface area contributed by atoms with Crippen LogP contribution in [0.4, 0.5) is 0 Å². The number of hydrogen-bond donors (Lipinski definition) is 0. The van der Waals surface area contributed by atoms with Crippen molar-refractivity contribution in [1.82, 2.24) is 9.80 Å². The molecule has 0 bridgehead atoms. The van der Waals surface area contributed by atoms with Crippen LogP contribution in [0.25, 0.3) is 0 Å². The lowest BCUT2D eigenvalue weighted by Gasteiger charge is -2.44. The normalized spacial score (nSPS) is 23.3. The number of hydrogen-bond acceptors (Lipinski definition) is 3. The first-order chi connectivity index (χ1) is 12.3. The number of ether oxygens (including phenoxy) is 1. The predicted octanol–water partition coefficient (Wildman–Crippen LogP) is 3.71. The summed E-state index contributed by atoms with van der Waals surface area (Å²) in [5.74, 6) is 0.993. The Hall–Kier alpha value is -1.55. The van der Waals surface area contributed by atoms with Gasteiger partial charge in [-0.1, -0.05) is 31.7 Å². The van der Waals surface area contributed by atoms with Crippen molar-refractivity contribution in [1.29, 1.82) is 0 Å². The smallest absolute Gasteiger partial charge is 0.253 e. The number of carbonyl (C=O) groups excluding carboxylic acids is 1. The molecule has 3 fully saturated rings. The first-order valence-electron chi connectivity index (χ1n) is 10.1. The molecule has 4 rings (SSSR count). The van der Waals surface area contributed by atoms with Crippen LogP contribution in [-0.2, 0) is 0 Å². The van der Waals surface area contributed by atoms with Crippen LogP contribution in [0.2, 0.25) is 0 Å². The van der Waals surface area contributed by atoms with Gasteiger partial charge < -0.3 is 9.64 Å². The second-order valence-corrected chi connectivity index (χ2v) is 7.87. The molecule has 2 heterocycles. The van der Waals surface area contributed by atoms with Crippen molar-refractivity contribution in [2.75, 3.05) is 26.2 Å². The predicted molar refractivity (Wildman–Crippen MR) is 99.1 cm³/mol. The van der Waals surface area contributed by atoms with Gasteiger partial charge in [-0.3, -0.25) is 9.69 Å². The van der Waals surface area contributed by atoms with Crippen LogP contribution < -0.4 is 4.74 Å². The van der Waals surface area contributed by atoms with Gasteiger partial charge in [-0.2, -0.15) is 0 Å². The molecule has 0 atom stereocenters. The van der Waals surface area contributed by atoms with Crippen LogP contribution in [0.5, 0.6) is 5.75 Å². The molecule has 25 heavy (non-hydrogen) atoms. The van der Waals surface area contributed by atoms with Crippen LogP contribution in [0.15, 0.2) is 24.3 Å². The molecule has 2 aliphatic heterocycles. The van der Waals surface area contributed by atoms with Crippen LogP contribution in [0.3, 0.4) is 0 Å². The molecule has 0 N–H and O–H groups in total. The third-order valence-corrected chi connectivity index (χ3v) is 5.99. The highest BCUT2D eigenvalue weighted by molar-refractivity contribution is 5.94. The monoisotopic (exact) mass is 342 g/mol. The number of amides is 1. The fourth-order valence-corrected chi connectivity index (χ4v) is 4.46. The summed E-state index contributed by atoms with van der Waals surface area (Å²) in [6.45, 7) is 3.86. The van der Waals surface area contributed by atoms with Crippen LogP contribution >= 0.6 is 0 Å². The zero-order valence-electron chi connectivity index (χ0n) is 15.2. The molecule has 0 radical (unpaired) electrons. The fourth-order valence-electron chi connectivity index (χ4n) is 4.46. The van der Waals surface area contributed by atoms with E-state index in [0.717, 1.165) is 56.4 Å². The second-order valence-electron chi connectivity index (χ2n) is 7.87. The fraction of sp³-hybridized carbons (Fsp3) is 0.667. The highest BCUT2D eigenvalue weighted by atomic mass is 16.5. The molecule has 136 valence electrons. The lowest BCUT2D eigenvalue weighted by molar-refractivity contribution is -0.0131. The van der Waals surface area contributed by atoms with Crippen molar-refractivity contribution in [3.05, 3.63) is 29.8 Å². The Kier molecular flexibility index (Phi) is 5.25. The molecule has 1 aromatic carbocycles. The molecule has 4 nitrogen and oxygen atoms in total. The largest absolute Gasteiger partial charge is 0.488 e. The molecule has 1 amide bonds. The Bertz CT molecular complexity index is 583. The van der Waals surface area contributed by atoms with E-state index in [1.807, 2.05) is 29.2 Å². The highest BCUT2D eigenvalue weighted by Crippen LogP contribution is 2.28. The van der Waals surface area contributed by atoms with Gasteiger partial charge in [0.15, 0.2) is 0 Å². The number of rotatable bonds is 4. The van der Waals surface area contributed by atoms with E-state index < -0.39 is 0 Å². The summed E-state index contributed by atoms with van der Waals surface area (Å²) >= 11 is 0. The van der Waals surface area contributed by atoms with E-state index in [4.69, 9.17) is 4.74 Å². The standard InChI is InChI=1S/C21H30N2O2/c24-21(22-12-5-6-13-22)17-8-7-11-19(14-17)25-20-15-23(16-20)18-9-3-1-2-4-10-18/h7-8,11,14,18,20H,1-6,9-10,12-13,15-16H2. The molecule has 1 aliphatic carbocycles. The van der Waals surface area contributed by atoms with E-state index in [2.05, 4.69) is 4.90 Å². The average molecular weight is 342 g/mol. The first kappa shape index (κ1) is 16.9. The average Bonchev–Trinajstić information content (AvgIpc) is 3.01. The summed E-state index contributed by atoms with van der Waals surface area (Å²) in [4.78, 5) is 17.1. The van der Waals surface area contributed by atoms with E-state index in [0.29, 0.717) is 0 Å². The lowest BCUT2D eigenvalue weighted by atomic mass is 10.0. The maximum atomic E-state index is 12.5. The Morgan fingerprint density at radius 3 is 2.40 bits per heavy atom. The third kappa shape index (κ3) is 4.00. The Morgan fingerprint density at radius 1 is 0.960 bits per heavy atom. The van der Waals surface area contributed by atoms with Gasteiger partial charge in [0.05, 0.1) is 0 Å². The minimum Gasteiger partial charge on any atom is -0.488 e. The number of carbonyl (C=O) groups is 1. The molecule has 2 saturated heterocycles. The van der Waals surface area contributed by atoms with Crippen molar-refractivity contribution in [3.8, 4) is 5.75 Å². The number of nitrogens with zero attached hydrogens (tertiary/aromatic N) is 2. The minimum absolute atomic E-state index is 0.150. The van der Waals surface area contributed by atoms with Gasteiger partial charge in [-0.25, -0.2) is 0 Å².